The normalized spacial score (nSPS) is 30.6. The molecule has 1 aliphatic carbocycles. The van der Waals surface area contributed by atoms with Crippen LogP contribution in [0.15, 0.2) is 0 Å². The Bertz CT molecular complexity index is 158. The number of rotatable bonds is 4. The molecule has 3 unspecified atom stereocenters. The van der Waals surface area contributed by atoms with Gasteiger partial charge in [0, 0.05) is 18.6 Å². The van der Waals surface area contributed by atoms with E-state index in [4.69, 9.17) is 0 Å². The van der Waals surface area contributed by atoms with E-state index in [0.717, 1.165) is 18.5 Å². The van der Waals surface area contributed by atoms with Crippen molar-refractivity contribution in [2.75, 3.05) is 20.6 Å². The van der Waals surface area contributed by atoms with Gasteiger partial charge < -0.3 is 5.32 Å². The highest BCUT2D eigenvalue weighted by molar-refractivity contribution is 4.82. The first-order chi connectivity index (χ1) is 6.66. The van der Waals surface area contributed by atoms with Crippen LogP contribution in [0.25, 0.3) is 0 Å². The molecule has 1 N–H and O–H groups in total. The van der Waals surface area contributed by atoms with E-state index < -0.39 is 0 Å². The molecule has 0 amide bonds. The Kier molecular flexibility index (Phi) is 4.90. The lowest BCUT2D eigenvalue weighted by Gasteiger charge is -2.39. The zero-order valence-electron chi connectivity index (χ0n) is 10.2. The zero-order chi connectivity index (χ0) is 10.6. The third kappa shape index (κ3) is 2.96. The summed E-state index contributed by atoms with van der Waals surface area (Å²) in [5, 5.41) is 3.26. The first-order valence-electron chi connectivity index (χ1n) is 6.03. The number of likely N-dealkylation sites (N-methyl/N-ethyl adjacent to an activating group) is 2. The summed E-state index contributed by atoms with van der Waals surface area (Å²) in [6.45, 7) is 5.82. The van der Waals surface area contributed by atoms with Crippen molar-refractivity contribution in [1.82, 2.24) is 10.2 Å². The largest absolute Gasteiger partial charge is 0.318 e. The standard InChI is InChI=1S/C12H26N2/c1-10-7-5-6-8-12(10)14(4)11(2)9-13-3/h10-13H,5-9H2,1-4H3. The molecule has 1 saturated carbocycles. The molecule has 0 spiro atoms. The molecule has 1 fully saturated rings. The minimum atomic E-state index is 0.658. The molecular weight excluding hydrogens is 172 g/mol. The highest BCUT2D eigenvalue weighted by Gasteiger charge is 2.26. The quantitative estimate of drug-likeness (QED) is 0.744. The van der Waals surface area contributed by atoms with Crippen LogP contribution < -0.4 is 5.32 Å². The van der Waals surface area contributed by atoms with E-state index in [-0.39, 0.29) is 0 Å². The van der Waals surface area contributed by atoms with Crippen molar-refractivity contribution < 1.29 is 0 Å². The van der Waals surface area contributed by atoms with Crippen LogP contribution in [-0.2, 0) is 0 Å². The van der Waals surface area contributed by atoms with Crippen LogP contribution in [0.2, 0.25) is 0 Å². The molecule has 0 aromatic carbocycles. The van der Waals surface area contributed by atoms with Crippen LogP contribution in [0.4, 0.5) is 0 Å². The van der Waals surface area contributed by atoms with Gasteiger partial charge in [-0.15, -0.1) is 0 Å². The summed E-state index contributed by atoms with van der Waals surface area (Å²) in [6.07, 6.45) is 5.67. The van der Waals surface area contributed by atoms with Gasteiger partial charge in [0.05, 0.1) is 0 Å². The summed E-state index contributed by atoms with van der Waals surface area (Å²) in [7, 11) is 4.32. The molecule has 1 rings (SSSR count). The Hall–Kier alpha value is -0.0800. The second-order valence-electron chi connectivity index (χ2n) is 4.90. The molecule has 0 aromatic heterocycles. The second-order valence-corrected chi connectivity index (χ2v) is 4.90. The molecule has 2 heteroatoms. The minimum absolute atomic E-state index is 0.658. The van der Waals surface area contributed by atoms with Gasteiger partial charge in [-0.2, -0.15) is 0 Å². The van der Waals surface area contributed by atoms with Crippen LogP contribution in [-0.4, -0.2) is 37.6 Å². The average molecular weight is 198 g/mol. The van der Waals surface area contributed by atoms with Gasteiger partial charge in [0.1, 0.15) is 0 Å². The molecule has 0 aliphatic heterocycles. The Morgan fingerprint density at radius 1 is 1.36 bits per heavy atom. The summed E-state index contributed by atoms with van der Waals surface area (Å²) < 4.78 is 0. The number of hydrogen-bond acceptors (Lipinski definition) is 2. The molecule has 0 bridgehead atoms. The van der Waals surface area contributed by atoms with Gasteiger partial charge in [0.25, 0.3) is 0 Å². The third-order valence-electron chi connectivity index (χ3n) is 3.78. The predicted molar refractivity (Wildman–Crippen MR) is 62.6 cm³/mol. The molecule has 84 valence electrons. The van der Waals surface area contributed by atoms with E-state index in [0.29, 0.717) is 6.04 Å². The summed E-state index contributed by atoms with van der Waals surface area (Å²) in [4.78, 5) is 2.57. The summed E-state index contributed by atoms with van der Waals surface area (Å²) in [6, 6.07) is 1.47. The van der Waals surface area contributed by atoms with Gasteiger partial charge in [-0.1, -0.05) is 19.8 Å². The Morgan fingerprint density at radius 2 is 2.00 bits per heavy atom. The van der Waals surface area contributed by atoms with E-state index in [2.05, 4.69) is 31.1 Å². The molecule has 0 aromatic rings. The first kappa shape index (κ1) is 12.0. The zero-order valence-corrected chi connectivity index (χ0v) is 10.2. The Morgan fingerprint density at radius 3 is 2.57 bits per heavy atom. The summed E-state index contributed by atoms with van der Waals surface area (Å²) in [5.74, 6) is 0.882. The van der Waals surface area contributed by atoms with Gasteiger partial charge >= 0.3 is 0 Å². The highest BCUT2D eigenvalue weighted by Crippen LogP contribution is 2.28. The van der Waals surface area contributed by atoms with E-state index in [1.807, 2.05) is 7.05 Å². The minimum Gasteiger partial charge on any atom is -0.318 e. The first-order valence-corrected chi connectivity index (χ1v) is 6.03. The van der Waals surface area contributed by atoms with Gasteiger partial charge in [-0.3, -0.25) is 4.90 Å². The number of nitrogens with zero attached hydrogens (tertiary/aromatic N) is 1. The maximum Gasteiger partial charge on any atom is 0.0192 e. The fraction of sp³-hybridized carbons (Fsp3) is 1.00. The van der Waals surface area contributed by atoms with Crippen molar-refractivity contribution in [1.29, 1.82) is 0 Å². The van der Waals surface area contributed by atoms with Gasteiger partial charge in [0.15, 0.2) is 0 Å². The van der Waals surface area contributed by atoms with Crippen LogP contribution in [0.1, 0.15) is 39.5 Å². The molecule has 0 saturated heterocycles. The maximum absolute atomic E-state index is 3.26. The molecule has 0 heterocycles. The van der Waals surface area contributed by atoms with Crippen molar-refractivity contribution in [2.24, 2.45) is 5.92 Å². The Labute approximate surface area is 89.1 Å². The fourth-order valence-electron chi connectivity index (χ4n) is 2.67. The van der Waals surface area contributed by atoms with Crippen LogP contribution in [0, 0.1) is 5.92 Å². The molecule has 1 aliphatic rings. The SMILES string of the molecule is CNCC(C)N(C)C1CCCCC1C. The van der Waals surface area contributed by atoms with Gasteiger partial charge in [-0.25, -0.2) is 0 Å². The molecule has 0 radical (unpaired) electrons. The monoisotopic (exact) mass is 198 g/mol. The lowest BCUT2D eigenvalue weighted by Crippen LogP contribution is -2.47. The number of nitrogens with one attached hydrogen (secondary N) is 1. The second kappa shape index (κ2) is 5.72. The van der Waals surface area contributed by atoms with E-state index in [1.165, 1.54) is 25.7 Å². The molecule has 14 heavy (non-hydrogen) atoms. The van der Waals surface area contributed by atoms with Crippen LogP contribution in [0.3, 0.4) is 0 Å². The summed E-state index contributed by atoms with van der Waals surface area (Å²) in [5.41, 5.74) is 0. The maximum atomic E-state index is 3.26. The van der Waals surface area contributed by atoms with Gasteiger partial charge in [0.2, 0.25) is 0 Å². The van der Waals surface area contributed by atoms with Crippen LogP contribution >= 0.6 is 0 Å². The lowest BCUT2D eigenvalue weighted by atomic mass is 9.84. The third-order valence-corrected chi connectivity index (χ3v) is 3.78. The van der Waals surface area contributed by atoms with Crippen molar-refractivity contribution in [2.45, 2.75) is 51.6 Å². The smallest absolute Gasteiger partial charge is 0.0192 e. The van der Waals surface area contributed by atoms with E-state index in [9.17, 15) is 0 Å². The van der Waals surface area contributed by atoms with Crippen molar-refractivity contribution in [3.8, 4) is 0 Å². The predicted octanol–water partition coefficient (Wildman–Crippen LogP) is 2.10. The van der Waals surface area contributed by atoms with Gasteiger partial charge in [-0.05, 0) is 39.8 Å². The molecule has 2 nitrogen and oxygen atoms in total. The average Bonchev–Trinajstić information content (AvgIpc) is 2.18. The molecule has 3 atom stereocenters. The number of hydrogen-bond donors (Lipinski definition) is 1. The van der Waals surface area contributed by atoms with Crippen molar-refractivity contribution in [3.05, 3.63) is 0 Å². The van der Waals surface area contributed by atoms with Crippen molar-refractivity contribution in [3.63, 3.8) is 0 Å². The van der Waals surface area contributed by atoms with Crippen LogP contribution in [0.5, 0.6) is 0 Å². The highest BCUT2D eigenvalue weighted by atomic mass is 15.2. The van der Waals surface area contributed by atoms with E-state index >= 15 is 0 Å². The van der Waals surface area contributed by atoms with Crippen molar-refractivity contribution >= 4 is 0 Å². The topological polar surface area (TPSA) is 15.3 Å². The molecular formula is C12H26N2. The summed E-state index contributed by atoms with van der Waals surface area (Å²) >= 11 is 0. The Balaban J connectivity index is 2.44. The lowest BCUT2D eigenvalue weighted by molar-refractivity contribution is 0.104. The van der Waals surface area contributed by atoms with E-state index in [1.54, 1.807) is 0 Å². The fourth-order valence-corrected chi connectivity index (χ4v) is 2.67.